The van der Waals surface area contributed by atoms with E-state index in [0.29, 0.717) is 12.5 Å². The van der Waals surface area contributed by atoms with Crippen molar-refractivity contribution in [2.45, 2.75) is 44.9 Å². The zero-order valence-electron chi connectivity index (χ0n) is 8.84. The highest BCUT2D eigenvalue weighted by molar-refractivity contribution is 5.20. The van der Waals surface area contributed by atoms with Gasteiger partial charge < -0.3 is 10.7 Å². The maximum absolute atomic E-state index is 5.59. The maximum atomic E-state index is 5.59. The van der Waals surface area contributed by atoms with Crippen LogP contribution in [0, 0.1) is 6.92 Å². The molecule has 2 rings (SSSR count). The predicted molar refractivity (Wildman–Crippen MR) is 57.3 cm³/mol. The van der Waals surface area contributed by atoms with Crippen LogP contribution in [0.2, 0.25) is 0 Å². The maximum Gasteiger partial charge on any atom is 0.103 e. The number of aryl methyl sites for hydroxylation is 1. The molecule has 1 aromatic rings. The summed E-state index contributed by atoms with van der Waals surface area (Å²) in [7, 11) is 0. The Kier molecular flexibility index (Phi) is 2.87. The van der Waals surface area contributed by atoms with E-state index in [-0.39, 0.29) is 0 Å². The summed E-state index contributed by atoms with van der Waals surface area (Å²) in [6, 6.07) is 0. The molecule has 1 saturated carbocycles. The van der Waals surface area contributed by atoms with Crippen LogP contribution in [0.15, 0.2) is 0 Å². The minimum atomic E-state index is 0.696. The number of aromatic amines is 1. The number of nitrogens with zero attached hydrogens (tertiary/aromatic N) is 1. The zero-order chi connectivity index (χ0) is 9.97. The number of rotatable bonds is 3. The van der Waals surface area contributed by atoms with E-state index >= 15 is 0 Å². The second-order valence-electron chi connectivity index (χ2n) is 4.21. The van der Waals surface area contributed by atoms with Crippen molar-refractivity contribution in [3.63, 3.8) is 0 Å². The summed E-state index contributed by atoms with van der Waals surface area (Å²) in [6.07, 6.45) is 6.27. The van der Waals surface area contributed by atoms with E-state index in [0.717, 1.165) is 12.2 Å². The van der Waals surface area contributed by atoms with E-state index in [9.17, 15) is 0 Å². The highest BCUT2D eigenvalue weighted by Crippen LogP contribution is 2.34. The minimum absolute atomic E-state index is 0.696. The fraction of sp³-hybridized carbons (Fsp3) is 0.727. The molecule has 0 atom stereocenters. The molecule has 3 nitrogen and oxygen atoms in total. The molecule has 1 heterocycles. The van der Waals surface area contributed by atoms with Gasteiger partial charge in [-0.05, 0) is 26.3 Å². The number of nitrogens with one attached hydrogen (secondary N) is 1. The molecule has 1 aliphatic carbocycles. The molecule has 0 bridgehead atoms. The van der Waals surface area contributed by atoms with E-state index in [2.05, 4.69) is 9.97 Å². The van der Waals surface area contributed by atoms with Gasteiger partial charge in [0.25, 0.3) is 0 Å². The van der Waals surface area contributed by atoms with Crippen molar-refractivity contribution in [1.29, 1.82) is 0 Å². The monoisotopic (exact) mass is 193 g/mol. The third kappa shape index (κ3) is 1.82. The third-order valence-corrected chi connectivity index (χ3v) is 3.07. The molecule has 3 heteroatoms. The van der Waals surface area contributed by atoms with Gasteiger partial charge in [-0.3, -0.25) is 0 Å². The lowest BCUT2D eigenvalue weighted by Gasteiger charge is -2.07. The average Bonchev–Trinajstić information content (AvgIpc) is 2.74. The van der Waals surface area contributed by atoms with Gasteiger partial charge in [0.2, 0.25) is 0 Å². The smallest absolute Gasteiger partial charge is 0.103 e. The molecular formula is C11H19N3. The van der Waals surface area contributed by atoms with Gasteiger partial charge in [-0.1, -0.05) is 12.8 Å². The van der Waals surface area contributed by atoms with Crippen LogP contribution < -0.4 is 5.73 Å². The molecule has 3 N–H and O–H groups in total. The minimum Gasteiger partial charge on any atom is -0.346 e. The van der Waals surface area contributed by atoms with Crippen LogP contribution >= 0.6 is 0 Å². The van der Waals surface area contributed by atoms with Gasteiger partial charge in [0.1, 0.15) is 5.82 Å². The summed E-state index contributed by atoms with van der Waals surface area (Å²) in [4.78, 5) is 7.93. The first-order valence-corrected chi connectivity index (χ1v) is 5.56. The molecule has 78 valence electrons. The first-order valence-electron chi connectivity index (χ1n) is 5.56. The van der Waals surface area contributed by atoms with Crippen LogP contribution in [0.1, 0.15) is 48.8 Å². The zero-order valence-corrected chi connectivity index (χ0v) is 8.84. The molecule has 1 aromatic heterocycles. The van der Waals surface area contributed by atoms with Crippen molar-refractivity contribution >= 4 is 0 Å². The van der Waals surface area contributed by atoms with Crippen molar-refractivity contribution in [2.75, 3.05) is 6.54 Å². The molecule has 1 fully saturated rings. The van der Waals surface area contributed by atoms with E-state index in [1.54, 1.807) is 0 Å². The molecule has 0 amide bonds. The Labute approximate surface area is 85.1 Å². The Balaban J connectivity index is 2.21. The first-order chi connectivity index (χ1) is 6.81. The van der Waals surface area contributed by atoms with Crippen molar-refractivity contribution in [3.8, 4) is 0 Å². The Morgan fingerprint density at radius 2 is 2.14 bits per heavy atom. The van der Waals surface area contributed by atoms with Gasteiger partial charge in [0.05, 0.1) is 5.69 Å². The fourth-order valence-corrected chi connectivity index (χ4v) is 2.43. The number of aromatic nitrogens is 2. The highest BCUT2D eigenvalue weighted by Gasteiger charge is 2.22. The van der Waals surface area contributed by atoms with E-state index in [1.165, 1.54) is 37.1 Å². The lowest BCUT2D eigenvalue weighted by atomic mass is 10.0. The van der Waals surface area contributed by atoms with E-state index in [4.69, 9.17) is 5.73 Å². The molecule has 0 radical (unpaired) electrons. The standard InChI is InChI=1S/C11H19N3/c1-8-13-10(6-7-12)11(14-8)9-4-2-3-5-9/h9H,2-7,12H2,1H3,(H,13,14). The van der Waals surface area contributed by atoms with Crippen molar-refractivity contribution in [1.82, 2.24) is 9.97 Å². The molecule has 0 spiro atoms. The summed E-state index contributed by atoms with van der Waals surface area (Å²) in [5.74, 6) is 1.73. The van der Waals surface area contributed by atoms with Gasteiger partial charge >= 0.3 is 0 Å². The van der Waals surface area contributed by atoms with Gasteiger partial charge in [0.15, 0.2) is 0 Å². The highest BCUT2D eigenvalue weighted by atomic mass is 14.9. The predicted octanol–water partition coefficient (Wildman–Crippen LogP) is 1.88. The Morgan fingerprint density at radius 3 is 2.79 bits per heavy atom. The quantitative estimate of drug-likeness (QED) is 0.770. The van der Waals surface area contributed by atoms with E-state index < -0.39 is 0 Å². The van der Waals surface area contributed by atoms with Crippen LogP contribution in [0.4, 0.5) is 0 Å². The van der Waals surface area contributed by atoms with Gasteiger partial charge in [-0.15, -0.1) is 0 Å². The average molecular weight is 193 g/mol. The molecule has 1 aliphatic rings. The molecule has 0 aliphatic heterocycles. The summed E-state index contributed by atoms with van der Waals surface area (Å²) >= 11 is 0. The van der Waals surface area contributed by atoms with Crippen LogP contribution in [-0.2, 0) is 6.42 Å². The Hall–Kier alpha value is -0.830. The fourth-order valence-electron chi connectivity index (χ4n) is 2.43. The summed E-state index contributed by atoms with van der Waals surface area (Å²) in [5, 5.41) is 0. The largest absolute Gasteiger partial charge is 0.346 e. The van der Waals surface area contributed by atoms with Crippen molar-refractivity contribution < 1.29 is 0 Å². The van der Waals surface area contributed by atoms with Gasteiger partial charge in [-0.2, -0.15) is 0 Å². The van der Waals surface area contributed by atoms with E-state index in [1.807, 2.05) is 6.92 Å². The van der Waals surface area contributed by atoms with Gasteiger partial charge in [0, 0.05) is 18.0 Å². The number of H-pyrrole nitrogens is 1. The third-order valence-electron chi connectivity index (χ3n) is 3.07. The second kappa shape index (κ2) is 4.13. The molecule has 0 aromatic carbocycles. The number of hydrogen-bond donors (Lipinski definition) is 2. The number of nitrogens with two attached hydrogens (primary N) is 1. The second-order valence-corrected chi connectivity index (χ2v) is 4.21. The van der Waals surface area contributed by atoms with Crippen LogP contribution in [0.3, 0.4) is 0 Å². The Morgan fingerprint density at radius 1 is 1.43 bits per heavy atom. The summed E-state index contributed by atoms with van der Waals surface area (Å²) < 4.78 is 0. The SMILES string of the molecule is Cc1nc(C2CCCC2)c(CCN)[nH]1. The topological polar surface area (TPSA) is 54.7 Å². The first kappa shape index (κ1) is 9.71. The molecule has 0 saturated heterocycles. The van der Waals surface area contributed by atoms with Crippen molar-refractivity contribution in [2.24, 2.45) is 5.73 Å². The Bertz CT molecular complexity index is 297. The summed E-state index contributed by atoms with van der Waals surface area (Å²) in [5.41, 5.74) is 8.16. The summed E-state index contributed by atoms with van der Waals surface area (Å²) in [6.45, 7) is 2.74. The molecule has 0 unspecified atom stereocenters. The van der Waals surface area contributed by atoms with Gasteiger partial charge in [-0.25, -0.2) is 4.98 Å². The normalized spacial score (nSPS) is 17.9. The van der Waals surface area contributed by atoms with Crippen LogP contribution in [-0.4, -0.2) is 16.5 Å². The number of hydrogen-bond acceptors (Lipinski definition) is 2. The lowest BCUT2D eigenvalue weighted by Crippen LogP contribution is -2.06. The number of imidazole rings is 1. The van der Waals surface area contributed by atoms with Crippen molar-refractivity contribution in [3.05, 3.63) is 17.2 Å². The lowest BCUT2D eigenvalue weighted by molar-refractivity contribution is 0.688. The molecule has 14 heavy (non-hydrogen) atoms. The van der Waals surface area contributed by atoms with Crippen LogP contribution in [0.25, 0.3) is 0 Å². The molecular weight excluding hydrogens is 174 g/mol. The van der Waals surface area contributed by atoms with Crippen LogP contribution in [0.5, 0.6) is 0 Å².